The van der Waals surface area contributed by atoms with E-state index in [1.165, 1.54) is 0 Å². The topological polar surface area (TPSA) is 55.6 Å². The zero-order valence-electron chi connectivity index (χ0n) is 11.5. The lowest BCUT2D eigenvalue weighted by Crippen LogP contribution is -2.36. The second kappa shape index (κ2) is 7.16. The molecule has 112 valence electrons. The van der Waals surface area contributed by atoms with Crippen molar-refractivity contribution in [2.45, 2.75) is 13.3 Å². The van der Waals surface area contributed by atoms with E-state index >= 15 is 0 Å². The van der Waals surface area contributed by atoms with Crippen LogP contribution in [0.4, 0.5) is 0 Å². The first-order valence-electron chi connectivity index (χ1n) is 6.39. The van der Waals surface area contributed by atoms with E-state index in [1.807, 2.05) is 17.0 Å². The van der Waals surface area contributed by atoms with Crippen molar-refractivity contribution in [3.63, 3.8) is 0 Å². The lowest BCUT2D eigenvalue weighted by molar-refractivity contribution is -0.132. The highest BCUT2D eigenvalue weighted by Crippen LogP contribution is 2.29. The zero-order valence-corrected chi connectivity index (χ0v) is 13.0. The maximum absolute atomic E-state index is 12.1. The third-order valence-corrected chi connectivity index (χ3v) is 3.90. The third kappa shape index (κ3) is 4.01. The Morgan fingerprint density at radius 2 is 2.20 bits per heavy atom. The van der Waals surface area contributed by atoms with Gasteiger partial charge in [0.25, 0.3) is 5.91 Å². The van der Waals surface area contributed by atoms with E-state index in [2.05, 4.69) is 6.92 Å². The van der Waals surface area contributed by atoms with Gasteiger partial charge in [-0.2, -0.15) is 0 Å². The Balaban J connectivity index is 0.00000200. The van der Waals surface area contributed by atoms with Crippen LogP contribution in [0.5, 0.6) is 5.75 Å². The van der Waals surface area contributed by atoms with Crippen molar-refractivity contribution < 1.29 is 9.53 Å². The summed E-state index contributed by atoms with van der Waals surface area (Å²) in [6.45, 7) is 4.17. The number of amides is 1. The Labute approximate surface area is 130 Å². The lowest BCUT2D eigenvalue weighted by Gasteiger charge is -2.22. The van der Waals surface area contributed by atoms with Crippen LogP contribution in [0.25, 0.3) is 0 Å². The van der Waals surface area contributed by atoms with Gasteiger partial charge in [-0.05, 0) is 30.5 Å². The minimum absolute atomic E-state index is 0. The molecule has 1 atom stereocenters. The summed E-state index contributed by atoms with van der Waals surface area (Å²) in [6, 6.07) is 7.14. The van der Waals surface area contributed by atoms with E-state index in [4.69, 9.17) is 22.1 Å². The van der Waals surface area contributed by atoms with Crippen molar-refractivity contribution in [1.29, 1.82) is 0 Å². The number of carbonyl (C=O) groups is 1. The summed E-state index contributed by atoms with van der Waals surface area (Å²) < 4.78 is 5.46. The molecule has 4 nitrogen and oxygen atoms in total. The molecule has 1 saturated heterocycles. The number of nitrogens with zero attached hydrogens (tertiary/aromatic N) is 1. The Bertz CT molecular complexity index is 470. The summed E-state index contributed by atoms with van der Waals surface area (Å²) in [7, 11) is 0. The largest absolute Gasteiger partial charge is 0.482 e. The summed E-state index contributed by atoms with van der Waals surface area (Å²) >= 11 is 5.97. The average molecular weight is 319 g/mol. The number of hydrogen-bond donors (Lipinski definition) is 1. The quantitative estimate of drug-likeness (QED) is 0.927. The van der Waals surface area contributed by atoms with Crippen LogP contribution in [-0.4, -0.2) is 37.0 Å². The second-order valence-electron chi connectivity index (χ2n) is 5.30. The molecule has 0 bridgehead atoms. The van der Waals surface area contributed by atoms with E-state index in [0.29, 0.717) is 23.9 Å². The highest BCUT2D eigenvalue weighted by Gasteiger charge is 2.34. The molecule has 20 heavy (non-hydrogen) atoms. The number of halogens is 2. The molecule has 6 heteroatoms. The fourth-order valence-electron chi connectivity index (χ4n) is 2.20. The minimum atomic E-state index is -0.0166. The summed E-state index contributed by atoms with van der Waals surface area (Å²) in [5.41, 5.74) is 5.77. The molecule has 0 aromatic heterocycles. The monoisotopic (exact) mass is 318 g/mol. The molecule has 1 amide bonds. The minimum Gasteiger partial charge on any atom is -0.482 e. The SMILES string of the molecule is CC1(CN)CCN(C(=O)COc2ccccc2Cl)C1.Cl. The zero-order chi connectivity index (χ0) is 13.9. The van der Waals surface area contributed by atoms with Crippen LogP contribution in [0.15, 0.2) is 24.3 Å². The van der Waals surface area contributed by atoms with E-state index in [9.17, 15) is 4.79 Å². The van der Waals surface area contributed by atoms with Crippen molar-refractivity contribution >= 4 is 29.9 Å². The van der Waals surface area contributed by atoms with Gasteiger partial charge >= 0.3 is 0 Å². The molecule has 1 aromatic rings. The van der Waals surface area contributed by atoms with Gasteiger partial charge in [-0.25, -0.2) is 0 Å². The van der Waals surface area contributed by atoms with Crippen LogP contribution in [-0.2, 0) is 4.79 Å². The highest BCUT2D eigenvalue weighted by molar-refractivity contribution is 6.32. The van der Waals surface area contributed by atoms with Gasteiger partial charge in [-0.1, -0.05) is 30.7 Å². The van der Waals surface area contributed by atoms with E-state index < -0.39 is 0 Å². The number of nitrogens with two attached hydrogens (primary N) is 1. The maximum Gasteiger partial charge on any atom is 0.260 e. The van der Waals surface area contributed by atoms with E-state index in [1.54, 1.807) is 12.1 Å². The van der Waals surface area contributed by atoms with Crippen LogP contribution in [0.2, 0.25) is 5.02 Å². The van der Waals surface area contributed by atoms with Crippen LogP contribution < -0.4 is 10.5 Å². The Kier molecular flexibility index (Phi) is 6.11. The molecule has 1 heterocycles. The van der Waals surface area contributed by atoms with Gasteiger partial charge in [-0.15, -0.1) is 12.4 Å². The molecule has 2 rings (SSSR count). The van der Waals surface area contributed by atoms with Crippen LogP contribution in [0.1, 0.15) is 13.3 Å². The standard InChI is InChI=1S/C14H19ClN2O2.ClH/c1-14(9-16)6-7-17(10-14)13(18)8-19-12-5-3-2-4-11(12)15;/h2-5H,6-10,16H2,1H3;1H. The highest BCUT2D eigenvalue weighted by atomic mass is 35.5. The second-order valence-corrected chi connectivity index (χ2v) is 5.71. The van der Waals surface area contributed by atoms with Gasteiger partial charge in [-0.3, -0.25) is 4.79 Å². The number of likely N-dealkylation sites (tertiary alicyclic amines) is 1. The first-order valence-corrected chi connectivity index (χ1v) is 6.77. The molecule has 2 N–H and O–H groups in total. The number of rotatable bonds is 4. The lowest BCUT2D eigenvalue weighted by atomic mass is 9.90. The molecular formula is C14H20Cl2N2O2. The van der Waals surface area contributed by atoms with Crippen molar-refractivity contribution in [1.82, 2.24) is 4.90 Å². The molecule has 1 aliphatic rings. The predicted octanol–water partition coefficient (Wildman–Crippen LogP) is 2.34. The van der Waals surface area contributed by atoms with Gasteiger partial charge in [0.1, 0.15) is 5.75 Å². The predicted molar refractivity (Wildman–Crippen MR) is 82.6 cm³/mol. The Morgan fingerprint density at radius 1 is 1.50 bits per heavy atom. The van der Waals surface area contributed by atoms with Crippen LogP contribution in [0.3, 0.4) is 0 Å². The molecule has 1 fully saturated rings. The molecule has 0 radical (unpaired) electrons. The molecule has 0 saturated carbocycles. The van der Waals surface area contributed by atoms with Gasteiger partial charge in [0.2, 0.25) is 0 Å². The van der Waals surface area contributed by atoms with Crippen molar-refractivity contribution in [3.05, 3.63) is 29.3 Å². The van der Waals surface area contributed by atoms with Crippen molar-refractivity contribution in [2.75, 3.05) is 26.2 Å². The Hall–Kier alpha value is -0.970. The number of carbonyl (C=O) groups excluding carboxylic acids is 1. The first-order chi connectivity index (χ1) is 9.04. The number of ether oxygens (including phenoxy) is 1. The van der Waals surface area contributed by atoms with Crippen LogP contribution in [0, 0.1) is 5.41 Å². The normalized spacial score (nSPS) is 21.4. The average Bonchev–Trinajstić information content (AvgIpc) is 2.81. The molecule has 0 aliphatic carbocycles. The number of benzene rings is 1. The fraction of sp³-hybridized carbons (Fsp3) is 0.500. The molecule has 1 aliphatic heterocycles. The van der Waals surface area contributed by atoms with Gasteiger partial charge < -0.3 is 15.4 Å². The summed E-state index contributed by atoms with van der Waals surface area (Å²) in [4.78, 5) is 13.9. The number of para-hydroxylation sites is 1. The van der Waals surface area contributed by atoms with Gasteiger partial charge in [0.15, 0.2) is 6.61 Å². The summed E-state index contributed by atoms with van der Waals surface area (Å²) in [5, 5.41) is 0.517. The Morgan fingerprint density at radius 3 is 2.80 bits per heavy atom. The van der Waals surface area contributed by atoms with E-state index in [-0.39, 0.29) is 30.3 Å². The van der Waals surface area contributed by atoms with E-state index in [0.717, 1.165) is 13.0 Å². The van der Waals surface area contributed by atoms with Crippen LogP contribution >= 0.6 is 24.0 Å². The summed E-state index contributed by atoms with van der Waals surface area (Å²) in [5.74, 6) is 0.524. The molecule has 0 spiro atoms. The maximum atomic E-state index is 12.1. The van der Waals surface area contributed by atoms with Gasteiger partial charge in [0.05, 0.1) is 5.02 Å². The first kappa shape index (κ1) is 17.1. The molecule has 1 unspecified atom stereocenters. The molecular weight excluding hydrogens is 299 g/mol. The summed E-state index contributed by atoms with van der Waals surface area (Å²) in [6.07, 6.45) is 0.946. The van der Waals surface area contributed by atoms with Gasteiger partial charge in [0, 0.05) is 13.1 Å². The smallest absolute Gasteiger partial charge is 0.260 e. The molecule has 1 aromatic carbocycles. The fourth-order valence-corrected chi connectivity index (χ4v) is 2.39. The van der Waals surface area contributed by atoms with Crippen molar-refractivity contribution in [3.8, 4) is 5.75 Å². The van der Waals surface area contributed by atoms with Crippen molar-refractivity contribution in [2.24, 2.45) is 11.1 Å². The third-order valence-electron chi connectivity index (χ3n) is 3.59. The number of hydrogen-bond acceptors (Lipinski definition) is 3.